The summed E-state index contributed by atoms with van der Waals surface area (Å²) in [6.45, 7) is 1.67. The van der Waals surface area contributed by atoms with Crippen LogP contribution in [0.5, 0.6) is 0 Å². The Morgan fingerprint density at radius 2 is 1.66 bits per heavy atom. The summed E-state index contributed by atoms with van der Waals surface area (Å²) in [7, 11) is 0. The highest BCUT2D eigenvalue weighted by Gasteiger charge is 2.36. The highest BCUT2D eigenvalue weighted by molar-refractivity contribution is 6.42. The van der Waals surface area contributed by atoms with Gasteiger partial charge in [-0.05, 0) is 55.5 Å². The van der Waals surface area contributed by atoms with E-state index in [2.05, 4.69) is 10.6 Å². The monoisotopic (exact) mass is 605 g/mol. The van der Waals surface area contributed by atoms with Gasteiger partial charge >= 0.3 is 0 Å². The van der Waals surface area contributed by atoms with Crippen LogP contribution in [0.4, 0.5) is 10.1 Å². The number of halogens is 3. The molecule has 9 nitrogen and oxygen atoms in total. The Balaban J connectivity index is 1.48. The summed E-state index contributed by atoms with van der Waals surface area (Å²) >= 11 is 11.7. The lowest BCUT2D eigenvalue weighted by molar-refractivity contribution is -0.144. The van der Waals surface area contributed by atoms with Gasteiger partial charge in [0.05, 0.1) is 15.7 Å². The molecule has 0 saturated carbocycles. The third kappa shape index (κ3) is 7.55. The van der Waals surface area contributed by atoms with Crippen molar-refractivity contribution in [1.29, 1.82) is 0 Å². The van der Waals surface area contributed by atoms with Crippen molar-refractivity contribution < 1.29 is 23.6 Å². The van der Waals surface area contributed by atoms with Crippen molar-refractivity contribution in [3.8, 4) is 0 Å². The molecule has 0 aliphatic carbocycles. The molecule has 220 valence electrons. The van der Waals surface area contributed by atoms with E-state index in [1.54, 1.807) is 4.90 Å². The molecule has 0 spiro atoms. The fourth-order valence-electron chi connectivity index (χ4n) is 5.22. The van der Waals surface area contributed by atoms with E-state index < -0.39 is 29.7 Å². The van der Waals surface area contributed by atoms with Gasteiger partial charge < -0.3 is 26.2 Å². The first-order valence-corrected chi connectivity index (χ1v) is 14.5. The minimum Gasteiger partial charge on any atom is -0.343 e. The number of nitrogens with one attached hydrogen (secondary N) is 2. The van der Waals surface area contributed by atoms with E-state index in [0.717, 1.165) is 30.4 Å². The van der Waals surface area contributed by atoms with Gasteiger partial charge in [-0.2, -0.15) is 0 Å². The van der Waals surface area contributed by atoms with Crippen molar-refractivity contribution >= 4 is 52.5 Å². The van der Waals surface area contributed by atoms with Crippen LogP contribution in [0, 0.1) is 5.82 Å². The molecule has 0 bridgehead atoms. The highest BCUT2D eigenvalue weighted by Crippen LogP contribution is 2.30. The maximum atomic E-state index is 14.5. The lowest BCUT2D eigenvalue weighted by atomic mass is 9.92. The molecule has 2 heterocycles. The standard InChI is InChI=1S/C29H34Cl2FN5O4/c30-20-8-9-21(27(32)26(20)31)34-28(40)22(12-13-33)35-29(41)23-16-18-6-2-3-7-19(18)17-37(23)25(39)11-10-24(38)36-14-4-1-5-15-36/h2-3,6-9,22-23H,1,4-5,10-17,33H2,(H,34,40)(H,35,41)/t22-,23-/m0/s1. The van der Waals surface area contributed by atoms with Gasteiger partial charge in [0.1, 0.15) is 12.1 Å². The Morgan fingerprint density at radius 3 is 2.37 bits per heavy atom. The predicted octanol–water partition coefficient (Wildman–Crippen LogP) is 3.65. The molecule has 4 rings (SSSR count). The number of rotatable bonds is 9. The summed E-state index contributed by atoms with van der Waals surface area (Å²) in [5.74, 6) is -2.51. The van der Waals surface area contributed by atoms with Crippen molar-refractivity contribution in [2.75, 3.05) is 25.0 Å². The molecule has 0 unspecified atom stereocenters. The first-order valence-electron chi connectivity index (χ1n) is 13.8. The van der Waals surface area contributed by atoms with Gasteiger partial charge in [-0.15, -0.1) is 0 Å². The Labute approximate surface area is 248 Å². The quantitative estimate of drug-likeness (QED) is 0.376. The normalized spacial score (nSPS) is 17.4. The molecule has 2 aliphatic rings. The van der Waals surface area contributed by atoms with E-state index in [0.29, 0.717) is 13.1 Å². The summed E-state index contributed by atoms with van der Waals surface area (Å²) in [4.78, 5) is 56.0. The number of nitrogens with two attached hydrogens (primary N) is 1. The Bertz CT molecular complexity index is 1300. The van der Waals surface area contributed by atoms with Crippen LogP contribution < -0.4 is 16.4 Å². The van der Waals surface area contributed by atoms with E-state index in [4.69, 9.17) is 28.9 Å². The number of amides is 4. The van der Waals surface area contributed by atoms with E-state index in [9.17, 15) is 23.6 Å². The fraction of sp³-hybridized carbons (Fsp3) is 0.448. The molecule has 0 aromatic heterocycles. The van der Waals surface area contributed by atoms with E-state index in [1.807, 2.05) is 24.3 Å². The minimum absolute atomic E-state index is 0.00561. The van der Waals surface area contributed by atoms with E-state index in [1.165, 1.54) is 17.0 Å². The Kier molecular flexibility index (Phi) is 10.6. The number of carbonyl (C=O) groups excluding carboxylic acids is 4. The largest absolute Gasteiger partial charge is 0.343 e. The molecule has 2 aliphatic heterocycles. The number of fused-ring (bicyclic) bond motifs is 1. The van der Waals surface area contributed by atoms with Gasteiger partial charge in [-0.3, -0.25) is 19.2 Å². The maximum Gasteiger partial charge on any atom is 0.247 e. The number of likely N-dealkylation sites (tertiary alicyclic amines) is 1. The van der Waals surface area contributed by atoms with Gasteiger partial charge in [-0.1, -0.05) is 47.5 Å². The zero-order valence-electron chi connectivity index (χ0n) is 22.6. The van der Waals surface area contributed by atoms with Crippen molar-refractivity contribution in [3.05, 3.63) is 63.4 Å². The van der Waals surface area contributed by atoms with Crippen LogP contribution in [0.1, 0.15) is 49.7 Å². The Morgan fingerprint density at radius 1 is 0.976 bits per heavy atom. The van der Waals surface area contributed by atoms with Crippen LogP contribution in [-0.2, 0) is 32.1 Å². The highest BCUT2D eigenvalue weighted by atomic mass is 35.5. The number of hydrogen-bond donors (Lipinski definition) is 3. The smallest absolute Gasteiger partial charge is 0.247 e. The van der Waals surface area contributed by atoms with E-state index >= 15 is 0 Å². The van der Waals surface area contributed by atoms with Gasteiger partial charge in [0.2, 0.25) is 23.6 Å². The average molecular weight is 607 g/mol. The molecule has 41 heavy (non-hydrogen) atoms. The molecule has 4 amide bonds. The van der Waals surface area contributed by atoms with Gasteiger partial charge in [0, 0.05) is 38.9 Å². The summed E-state index contributed by atoms with van der Waals surface area (Å²) in [5, 5.41) is 4.80. The second-order valence-corrected chi connectivity index (χ2v) is 11.1. The van der Waals surface area contributed by atoms with E-state index in [-0.39, 0.29) is 66.3 Å². The van der Waals surface area contributed by atoms with Crippen LogP contribution in [0.15, 0.2) is 36.4 Å². The predicted molar refractivity (Wildman–Crippen MR) is 155 cm³/mol. The first kappa shape index (κ1) is 30.7. The van der Waals surface area contributed by atoms with Crippen molar-refractivity contribution in [2.24, 2.45) is 5.73 Å². The molecular formula is C29H34Cl2FN5O4. The van der Waals surface area contributed by atoms with Crippen LogP contribution >= 0.6 is 23.2 Å². The lowest BCUT2D eigenvalue weighted by Crippen LogP contribution is -2.56. The molecule has 1 saturated heterocycles. The molecule has 2 aromatic rings. The summed E-state index contributed by atoms with van der Waals surface area (Å²) in [6, 6.07) is 8.14. The molecule has 12 heteroatoms. The topological polar surface area (TPSA) is 125 Å². The Hall–Kier alpha value is -3.21. The fourth-order valence-corrected chi connectivity index (χ4v) is 5.53. The van der Waals surface area contributed by atoms with Crippen LogP contribution in [0.2, 0.25) is 10.0 Å². The molecule has 2 atom stereocenters. The number of piperidine rings is 1. The number of hydrogen-bond acceptors (Lipinski definition) is 5. The zero-order valence-corrected chi connectivity index (χ0v) is 24.1. The minimum atomic E-state index is -1.10. The number of anilines is 1. The summed E-state index contributed by atoms with van der Waals surface area (Å²) < 4.78 is 14.5. The van der Waals surface area contributed by atoms with Gasteiger partial charge in [0.25, 0.3) is 0 Å². The van der Waals surface area contributed by atoms with Crippen molar-refractivity contribution in [2.45, 2.75) is 63.6 Å². The van der Waals surface area contributed by atoms with Gasteiger partial charge in [0.15, 0.2) is 5.82 Å². The van der Waals surface area contributed by atoms with Crippen LogP contribution in [0.3, 0.4) is 0 Å². The van der Waals surface area contributed by atoms with Crippen molar-refractivity contribution in [1.82, 2.24) is 15.1 Å². The SMILES string of the molecule is NCC[C@H](NC(=O)[C@@H]1Cc2ccccc2CN1C(=O)CCC(=O)N1CCCCC1)C(=O)Nc1ccc(Cl)c(Cl)c1F. The lowest BCUT2D eigenvalue weighted by Gasteiger charge is -2.37. The van der Waals surface area contributed by atoms with Crippen LogP contribution in [0.25, 0.3) is 0 Å². The third-order valence-corrected chi connectivity index (χ3v) is 8.30. The number of nitrogens with zero attached hydrogens (tertiary/aromatic N) is 2. The summed E-state index contributed by atoms with van der Waals surface area (Å²) in [5.41, 5.74) is 7.35. The molecule has 0 radical (unpaired) electrons. The summed E-state index contributed by atoms with van der Waals surface area (Å²) in [6.07, 6.45) is 3.37. The molecular weight excluding hydrogens is 572 g/mol. The zero-order chi connectivity index (χ0) is 29.5. The second kappa shape index (κ2) is 14.1. The third-order valence-electron chi connectivity index (χ3n) is 7.51. The molecule has 4 N–H and O–H groups in total. The van der Waals surface area contributed by atoms with Crippen LogP contribution in [-0.4, -0.2) is 65.1 Å². The number of carbonyl (C=O) groups is 4. The van der Waals surface area contributed by atoms with Crippen molar-refractivity contribution in [3.63, 3.8) is 0 Å². The number of benzene rings is 2. The maximum absolute atomic E-state index is 14.5. The van der Waals surface area contributed by atoms with Gasteiger partial charge in [-0.25, -0.2) is 4.39 Å². The first-order chi connectivity index (χ1) is 19.7. The average Bonchev–Trinajstić information content (AvgIpc) is 2.99. The molecule has 1 fully saturated rings. The second-order valence-electron chi connectivity index (χ2n) is 10.3. The molecule has 2 aromatic carbocycles.